The van der Waals surface area contributed by atoms with Crippen LogP contribution in [0.3, 0.4) is 0 Å². The van der Waals surface area contributed by atoms with Crippen LogP contribution in [0.4, 0.5) is 0 Å². The third-order valence-corrected chi connectivity index (χ3v) is 4.15. The second-order valence-corrected chi connectivity index (χ2v) is 5.70. The van der Waals surface area contributed by atoms with Crippen molar-refractivity contribution >= 4 is 5.78 Å². The Morgan fingerprint density at radius 2 is 1.84 bits per heavy atom. The molecule has 4 heterocycles. The lowest BCUT2D eigenvalue weighted by atomic mass is 10.1. The van der Waals surface area contributed by atoms with Crippen LogP contribution < -0.4 is 9.47 Å². The number of fused-ring (bicyclic) bond motifs is 2. The van der Waals surface area contributed by atoms with E-state index in [9.17, 15) is 0 Å². The average molecular weight is 330 g/mol. The normalized spacial score (nSPS) is 13.1. The topological polar surface area (TPSA) is 61.5 Å². The molecular weight excluding hydrogens is 316 g/mol. The molecule has 3 aromatic heterocycles. The summed E-state index contributed by atoms with van der Waals surface area (Å²) in [6.45, 7) is 1.13. The molecule has 4 aromatic rings. The van der Waals surface area contributed by atoms with Gasteiger partial charge in [-0.25, -0.2) is 9.97 Å². The second kappa shape index (κ2) is 5.59. The molecule has 0 spiro atoms. The van der Waals surface area contributed by atoms with Gasteiger partial charge in [0.15, 0.2) is 11.5 Å². The highest BCUT2D eigenvalue weighted by Crippen LogP contribution is 2.37. The van der Waals surface area contributed by atoms with Crippen LogP contribution in [0.2, 0.25) is 0 Å². The molecule has 0 saturated heterocycles. The number of aromatic nitrogens is 4. The summed E-state index contributed by atoms with van der Waals surface area (Å²) in [6, 6.07) is 11.7. The molecule has 6 nitrogen and oxygen atoms in total. The zero-order valence-corrected chi connectivity index (χ0v) is 13.3. The average Bonchev–Trinajstić information content (AvgIpc) is 3.08. The van der Waals surface area contributed by atoms with Gasteiger partial charge in [-0.2, -0.15) is 0 Å². The van der Waals surface area contributed by atoms with E-state index in [0.717, 1.165) is 34.0 Å². The minimum absolute atomic E-state index is 0.554. The van der Waals surface area contributed by atoms with E-state index >= 15 is 0 Å². The van der Waals surface area contributed by atoms with Crippen LogP contribution in [0.5, 0.6) is 11.5 Å². The highest BCUT2D eigenvalue weighted by molar-refractivity contribution is 5.82. The Morgan fingerprint density at radius 1 is 0.920 bits per heavy atom. The summed E-state index contributed by atoms with van der Waals surface area (Å²) in [5.74, 6) is 2.15. The largest absolute Gasteiger partial charge is 0.486 e. The molecule has 1 aliphatic heterocycles. The van der Waals surface area contributed by atoms with Gasteiger partial charge in [-0.1, -0.05) is 0 Å². The maximum Gasteiger partial charge on any atom is 0.234 e. The Bertz CT molecular complexity index is 1060. The van der Waals surface area contributed by atoms with Gasteiger partial charge < -0.3 is 9.47 Å². The summed E-state index contributed by atoms with van der Waals surface area (Å²) < 4.78 is 13.3. The van der Waals surface area contributed by atoms with Gasteiger partial charge in [-0.05, 0) is 36.4 Å². The molecule has 0 aliphatic carbocycles. The van der Waals surface area contributed by atoms with Gasteiger partial charge in [-0.3, -0.25) is 9.38 Å². The monoisotopic (exact) mass is 330 g/mol. The van der Waals surface area contributed by atoms with E-state index in [1.807, 2.05) is 53.2 Å². The van der Waals surface area contributed by atoms with E-state index in [1.165, 1.54) is 0 Å². The first-order valence-corrected chi connectivity index (χ1v) is 8.04. The standard InChI is InChI=1S/C19H14N4O2/c1-3-14(12-20-6-1)18-17(22-19-21-7-2-8-23(18)19)13-4-5-15-16(11-13)25-10-9-24-15/h1-8,11-12H,9-10H2. The van der Waals surface area contributed by atoms with Crippen molar-refractivity contribution in [2.45, 2.75) is 0 Å². The van der Waals surface area contributed by atoms with Gasteiger partial charge in [0.2, 0.25) is 5.78 Å². The summed E-state index contributed by atoms with van der Waals surface area (Å²) in [5, 5.41) is 0. The van der Waals surface area contributed by atoms with Crippen LogP contribution in [-0.2, 0) is 0 Å². The zero-order valence-electron chi connectivity index (χ0n) is 13.3. The van der Waals surface area contributed by atoms with E-state index in [4.69, 9.17) is 14.5 Å². The molecule has 5 rings (SSSR count). The van der Waals surface area contributed by atoms with Crippen LogP contribution in [0.1, 0.15) is 0 Å². The van der Waals surface area contributed by atoms with Crippen molar-refractivity contribution < 1.29 is 9.47 Å². The van der Waals surface area contributed by atoms with Gasteiger partial charge in [0.25, 0.3) is 0 Å². The van der Waals surface area contributed by atoms with Gasteiger partial charge in [-0.15, -0.1) is 0 Å². The van der Waals surface area contributed by atoms with E-state index < -0.39 is 0 Å². The lowest BCUT2D eigenvalue weighted by Gasteiger charge is -2.18. The highest BCUT2D eigenvalue weighted by atomic mass is 16.6. The third-order valence-electron chi connectivity index (χ3n) is 4.15. The fourth-order valence-corrected chi connectivity index (χ4v) is 3.06. The highest BCUT2D eigenvalue weighted by Gasteiger charge is 2.19. The summed E-state index contributed by atoms with van der Waals surface area (Å²) in [6.07, 6.45) is 7.29. The SMILES string of the molecule is c1cncc(-c2c(-c3ccc4c(c3)OCCO4)nc3ncccn23)c1. The van der Waals surface area contributed by atoms with Crippen LogP contribution >= 0.6 is 0 Å². The number of hydrogen-bond donors (Lipinski definition) is 0. The molecule has 0 radical (unpaired) electrons. The van der Waals surface area contributed by atoms with E-state index in [-0.39, 0.29) is 0 Å². The van der Waals surface area contributed by atoms with Crippen molar-refractivity contribution in [3.05, 3.63) is 61.2 Å². The fourth-order valence-electron chi connectivity index (χ4n) is 3.06. The molecule has 0 bridgehead atoms. The molecule has 0 atom stereocenters. The number of pyridine rings is 1. The lowest BCUT2D eigenvalue weighted by Crippen LogP contribution is -2.15. The first-order chi connectivity index (χ1) is 12.4. The maximum absolute atomic E-state index is 5.72. The van der Waals surface area contributed by atoms with Gasteiger partial charge in [0.1, 0.15) is 13.2 Å². The second-order valence-electron chi connectivity index (χ2n) is 5.70. The van der Waals surface area contributed by atoms with Crippen LogP contribution in [-0.4, -0.2) is 32.6 Å². The zero-order chi connectivity index (χ0) is 16.6. The Kier molecular flexibility index (Phi) is 3.13. The molecule has 0 fully saturated rings. The van der Waals surface area contributed by atoms with Gasteiger partial charge in [0.05, 0.1) is 11.4 Å². The first kappa shape index (κ1) is 14.0. The van der Waals surface area contributed by atoms with E-state index in [0.29, 0.717) is 19.0 Å². The summed E-state index contributed by atoms with van der Waals surface area (Å²) in [5.41, 5.74) is 3.72. The summed E-state index contributed by atoms with van der Waals surface area (Å²) in [4.78, 5) is 13.4. The summed E-state index contributed by atoms with van der Waals surface area (Å²) in [7, 11) is 0. The molecule has 0 amide bonds. The van der Waals surface area contributed by atoms with Crippen molar-refractivity contribution in [2.75, 3.05) is 13.2 Å². The number of benzene rings is 1. The smallest absolute Gasteiger partial charge is 0.234 e. The van der Waals surface area contributed by atoms with Gasteiger partial charge in [0, 0.05) is 35.9 Å². The quantitative estimate of drug-likeness (QED) is 0.565. The molecule has 1 aliphatic rings. The van der Waals surface area contributed by atoms with Gasteiger partial charge >= 0.3 is 0 Å². The fraction of sp³-hybridized carbons (Fsp3) is 0.105. The van der Waals surface area contributed by atoms with Crippen molar-refractivity contribution in [1.82, 2.24) is 19.4 Å². The molecule has 25 heavy (non-hydrogen) atoms. The Balaban J connectivity index is 1.76. The van der Waals surface area contributed by atoms with E-state index in [2.05, 4.69) is 9.97 Å². The number of rotatable bonds is 2. The van der Waals surface area contributed by atoms with Crippen LogP contribution in [0.25, 0.3) is 28.3 Å². The number of nitrogens with zero attached hydrogens (tertiary/aromatic N) is 4. The number of hydrogen-bond acceptors (Lipinski definition) is 5. The molecular formula is C19H14N4O2. The minimum Gasteiger partial charge on any atom is -0.486 e. The number of ether oxygens (including phenoxy) is 2. The third kappa shape index (κ3) is 2.30. The van der Waals surface area contributed by atoms with Crippen LogP contribution in [0, 0.1) is 0 Å². The van der Waals surface area contributed by atoms with Crippen molar-refractivity contribution in [1.29, 1.82) is 0 Å². The molecule has 6 heteroatoms. The van der Waals surface area contributed by atoms with Crippen molar-refractivity contribution in [2.24, 2.45) is 0 Å². The maximum atomic E-state index is 5.72. The Morgan fingerprint density at radius 3 is 2.72 bits per heavy atom. The lowest BCUT2D eigenvalue weighted by molar-refractivity contribution is 0.171. The Labute approximate surface area is 143 Å². The Hall–Kier alpha value is -3.41. The molecule has 0 saturated carbocycles. The molecule has 0 unspecified atom stereocenters. The predicted octanol–water partition coefficient (Wildman–Crippen LogP) is 3.23. The van der Waals surface area contributed by atoms with E-state index in [1.54, 1.807) is 12.4 Å². The molecule has 122 valence electrons. The first-order valence-electron chi connectivity index (χ1n) is 8.04. The predicted molar refractivity (Wildman–Crippen MR) is 92.6 cm³/mol. The molecule has 1 aromatic carbocycles. The molecule has 0 N–H and O–H groups in total. The van der Waals surface area contributed by atoms with Crippen molar-refractivity contribution in [3.8, 4) is 34.0 Å². The van der Waals surface area contributed by atoms with Crippen LogP contribution in [0.15, 0.2) is 61.2 Å². The minimum atomic E-state index is 0.554. The summed E-state index contributed by atoms with van der Waals surface area (Å²) >= 11 is 0. The number of imidazole rings is 1. The van der Waals surface area contributed by atoms with Crippen molar-refractivity contribution in [3.63, 3.8) is 0 Å².